The van der Waals surface area contributed by atoms with Crippen LogP contribution in [0.25, 0.3) is 10.9 Å². The molecule has 0 fully saturated rings. The summed E-state index contributed by atoms with van der Waals surface area (Å²) in [5, 5.41) is 24.5. The van der Waals surface area contributed by atoms with Gasteiger partial charge in [-0.1, -0.05) is 48.5 Å². The fourth-order valence-corrected chi connectivity index (χ4v) is 3.74. The van der Waals surface area contributed by atoms with E-state index in [2.05, 4.69) is 15.6 Å². The lowest BCUT2D eigenvalue weighted by Gasteiger charge is -2.23. The van der Waals surface area contributed by atoms with Crippen molar-refractivity contribution in [3.8, 4) is 0 Å². The minimum atomic E-state index is -1.21. The van der Waals surface area contributed by atoms with Crippen molar-refractivity contribution in [2.45, 2.75) is 43.8 Å². The summed E-state index contributed by atoms with van der Waals surface area (Å²) in [6, 6.07) is 12.8. The van der Waals surface area contributed by atoms with Crippen LogP contribution in [0.4, 0.5) is 0 Å². The average molecular weight is 481 g/mol. The second-order valence-corrected chi connectivity index (χ2v) is 8.25. The van der Waals surface area contributed by atoms with E-state index in [1.54, 1.807) is 36.5 Å². The molecule has 35 heavy (non-hydrogen) atoms. The van der Waals surface area contributed by atoms with E-state index in [-0.39, 0.29) is 25.7 Å². The van der Waals surface area contributed by atoms with Gasteiger partial charge in [-0.2, -0.15) is 0 Å². The van der Waals surface area contributed by atoms with Crippen LogP contribution in [0.3, 0.4) is 0 Å². The van der Waals surface area contributed by atoms with Gasteiger partial charge in [0.25, 0.3) is 0 Å². The molecule has 0 saturated carbocycles. The van der Waals surface area contributed by atoms with E-state index in [0.717, 1.165) is 22.0 Å². The maximum absolute atomic E-state index is 13.2. The highest BCUT2D eigenvalue weighted by atomic mass is 16.4. The summed E-state index contributed by atoms with van der Waals surface area (Å²) in [7, 11) is 0. The lowest BCUT2D eigenvalue weighted by molar-refractivity contribution is -0.142. The number of carboxylic acid groups (broad SMARTS) is 2. The van der Waals surface area contributed by atoms with Crippen molar-refractivity contribution in [3.05, 3.63) is 71.9 Å². The van der Waals surface area contributed by atoms with Crippen LogP contribution in [-0.2, 0) is 32.0 Å². The number of benzene rings is 2. The second-order valence-electron chi connectivity index (χ2n) is 8.25. The third kappa shape index (κ3) is 7.15. The molecule has 0 saturated heterocycles. The minimum absolute atomic E-state index is 0.0633. The highest BCUT2D eigenvalue weighted by Crippen LogP contribution is 2.19. The molecule has 3 aromatic rings. The summed E-state index contributed by atoms with van der Waals surface area (Å²) in [5.41, 5.74) is 8.14. The van der Waals surface area contributed by atoms with E-state index in [1.165, 1.54) is 0 Å². The predicted octanol–water partition coefficient (Wildman–Crippen LogP) is 1.20. The van der Waals surface area contributed by atoms with Crippen molar-refractivity contribution in [2.24, 2.45) is 5.73 Å². The number of hydrogen-bond donors (Lipinski definition) is 6. The molecule has 10 heteroatoms. The molecule has 0 radical (unpaired) electrons. The van der Waals surface area contributed by atoms with Crippen LogP contribution in [0, 0.1) is 0 Å². The molecule has 3 rings (SSSR count). The number of nitrogens with two attached hydrogens (primary N) is 1. The molecule has 7 N–H and O–H groups in total. The molecular weight excluding hydrogens is 452 g/mol. The van der Waals surface area contributed by atoms with E-state index in [9.17, 15) is 24.3 Å². The molecular formula is C25H28N4O6. The maximum atomic E-state index is 13.2. The van der Waals surface area contributed by atoms with Gasteiger partial charge in [0.2, 0.25) is 11.8 Å². The number of para-hydroxylation sites is 1. The Hall–Kier alpha value is -4.18. The SMILES string of the molecule is N[C@@H](CCC(=O)O)C(=O)N[C@@H](Cc1c[nH]c2ccccc12)C(=O)N[C@@H](Cc1ccccc1)C(=O)O. The normalized spacial score (nSPS) is 13.5. The van der Waals surface area contributed by atoms with Gasteiger partial charge in [-0.25, -0.2) is 4.79 Å². The third-order valence-corrected chi connectivity index (χ3v) is 5.64. The molecule has 2 aromatic carbocycles. The molecule has 0 aliphatic heterocycles. The largest absolute Gasteiger partial charge is 0.481 e. The maximum Gasteiger partial charge on any atom is 0.326 e. The van der Waals surface area contributed by atoms with Crippen LogP contribution < -0.4 is 16.4 Å². The van der Waals surface area contributed by atoms with E-state index in [1.807, 2.05) is 24.3 Å². The van der Waals surface area contributed by atoms with Gasteiger partial charge in [0.05, 0.1) is 6.04 Å². The summed E-state index contributed by atoms with van der Waals surface area (Å²) in [6.45, 7) is 0. The van der Waals surface area contributed by atoms with Gasteiger partial charge in [-0.3, -0.25) is 14.4 Å². The molecule has 0 aliphatic rings. The zero-order valence-corrected chi connectivity index (χ0v) is 18.9. The summed E-state index contributed by atoms with van der Waals surface area (Å²) in [4.78, 5) is 51.6. The van der Waals surface area contributed by atoms with Crippen LogP contribution in [0.2, 0.25) is 0 Å². The van der Waals surface area contributed by atoms with Gasteiger partial charge in [0, 0.05) is 36.4 Å². The number of aromatic amines is 1. The number of amides is 2. The Morgan fingerprint density at radius 2 is 1.51 bits per heavy atom. The fourth-order valence-electron chi connectivity index (χ4n) is 3.74. The number of H-pyrrole nitrogens is 1. The van der Waals surface area contributed by atoms with Crippen molar-refractivity contribution in [1.29, 1.82) is 0 Å². The quantitative estimate of drug-likeness (QED) is 0.226. The first-order chi connectivity index (χ1) is 16.7. The van der Waals surface area contributed by atoms with Crippen molar-refractivity contribution < 1.29 is 29.4 Å². The lowest BCUT2D eigenvalue weighted by Crippen LogP contribution is -2.55. The Morgan fingerprint density at radius 1 is 0.857 bits per heavy atom. The lowest BCUT2D eigenvalue weighted by atomic mass is 10.0. The van der Waals surface area contributed by atoms with Crippen LogP contribution in [-0.4, -0.2) is 57.1 Å². The molecule has 2 amide bonds. The second kappa shape index (κ2) is 11.8. The topological polar surface area (TPSA) is 175 Å². The van der Waals surface area contributed by atoms with Crippen LogP contribution in [0.1, 0.15) is 24.0 Å². The number of carbonyl (C=O) groups is 4. The van der Waals surface area contributed by atoms with Gasteiger partial charge in [-0.05, 0) is 23.6 Å². The summed E-state index contributed by atoms with van der Waals surface area (Å²) in [5.74, 6) is -3.68. The van der Waals surface area contributed by atoms with Crippen molar-refractivity contribution in [1.82, 2.24) is 15.6 Å². The molecule has 3 atom stereocenters. The van der Waals surface area contributed by atoms with Gasteiger partial charge < -0.3 is 31.6 Å². The highest BCUT2D eigenvalue weighted by molar-refractivity contribution is 5.93. The Kier molecular flexibility index (Phi) is 8.58. The van der Waals surface area contributed by atoms with Gasteiger partial charge in [0.1, 0.15) is 12.1 Å². The van der Waals surface area contributed by atoms with E-state index in [4.69, 9.17) is 10.8 Å². The van der Waals surface area contributed by atoms with Crippen molar-refractivity contribution >= 4 is 34.7 Å². The van der Waals surface area contributed by atoms with Crippen LogP contribution >= 0.6 is 0 Å². The third-order valence-electron chi connectivity index (χ3n) is 5.64. The number of fused-ring (bicyclic) bond motifs is 1. The number of aliphatic carboxylic acids is 2. The molecule has 1 heterocycles. The van der Waals surface area contributed by atoms with E-state index in [0.29, 0.717) is 0 Å². The minimum Gasteiger partial charge on any atom is -0.481 e. The fraction of sp³-hybridized carbons (Fsp3) is 0.280. The van der Waals surface area contributed by atoms with E-state index < -0.39 is 41.9 Å². The molecule has 10 nitrogen and oxygen atoms in total. The standard InChI is InChI=1S/C25H28N4O6/c26-18(10-11-22(30)31)23(32)28-20(13-16-14-27-19-9-5-4-8-17(16)19)24(33)29-21(25(34)35)12-15-6-2-1-3-7-15/h1-9,14,18,20-21,27H,10-13,26H2,(H,28,32)(H,29,33)(H,30,31)(H,34,35)/t18-,20-,21-/m0/s1. The van der Waals surface area contributed by atoms with Gasteiger partial charge in [0.15, 0.2) is 0 Å². The Balaban J connectivity index is 1.79. The summed E-state index contributed by atoms with van der Waals surface area (Å²) < 4.78 is 0. The number of hydrogen-bond acceptors (Lipinski definition) is 5. The Labute approximate surface area is 201 Å². The molecule has 0 unspecified atom stereocenters. The first-order valence-corrected chi connectivity index (χ1v) is 11.1. The zero-order valence-electron chi connectivity index (χ0n) is 18.9. The van der Waals surface area contributed by atoms with Gasteiger partial charge >= 0.3 is 11.9 Å². The number of rotatable bonds is 12. The predicted molar refractivity (Wildman–Crippen MR) is 128 cm³/mol. The number of nitrogens with one attached hydrogen (secondary N) is 3. The molecule has 184 valence electrons. The summed E-state index contributed by atoms with van der Waals surface area (Å²) in [6.07, 6.45) is 1.46. The monoisotopic (exact) mass is 480 g/mol. The van der Waals surface area contributed by atoms with Crippen molar-refractivity contribution in [2.75, 3.05) is 0 Å². The molecule has 0 spiro atoms. The van der Waals surface area contributed by atoms with E-state index >= 15 is 0 Å². The molecule has 0 aliphatic carbocycles. The first kappa shape index (κ1) is 25.4. The smallest absolute Gasteiger partial charge is 0.326 e. The zero-order chi connectivity index (χ0) is 25.4. The average Bonchev–Trinajstić information content (AvgIpc) is 3.24. The first-order valence-electron chi connectivity index (χ1n) is 11.1. The highest BCUT2D eigenvalue weighted by Gasteiger charge is 2.29. The number of carboxylic acids is 2. The number of aromatic nitrogens is 1. The van der Waals surface area contributed by atoms with Crippen LogP contribution in [0.15, 0.2) is 60.8 Å². The molecule has 1 aromatic heterocycles. The Morgan fingerprint density at radius 3 is 2.20 bits per heavy atom. The van der Waals surface area contributed by atoms with Crippen molar-refractivity contribution in [3.63, 3.8) is 0 Å². The summed E-state index contributed by atoms with van der Waals surface area (Å²) >= 11 is 0. The van der Waals surface area contributed by atoms with Crippen LogP contribution in [0.5, 0.6) is 0 Å². The van der Waals surface area contributed by atoms with Gasteiger partial charge in [-0.15, -0.1) is 0 Å². The Bertz CT molecular complexity index is 1190. The molecule has 0 bridgehead atoms. The number of carbonyl (C=O) groups excluding carboxylic acids is 2.